The molecule has 0 spiro atoms. The summed E-state index contributed by atoms with van der Waals surface area (Å²) < 4.78 is 45.4. The van der Waals surface area contributed by atoms with Crippen LogP contribution < -0.4 is 28.4 Å². The van der Waals surface area contributed by atoms with Crippen molar-refractivity contribution < 1.29 is 52.3 Å². The highest BCUT2D eigenvalue weighted by molar-refractivity contribution is 5.99. The number of fused-ring (bicyclic) bond motifs is 7. The number of carbonyl (C=O) groups is 3. The fourth-order valence-electron chi connectivity index (χ4n) is 14.8. The van der Waals surface area contributed by atoms with Crippen molar-refractivity contribution in [3.63, 3.8) is 0 Å². The molecule has 2 aromatic rings. The number of methoxy groups -OCH3 is 6. The first-order chi connectivity index (χ1) is 28.8. The molecular formula is C50H70O11. The van der Waals surface area contributed by atoms with Crippen molar-refractivity contribution in [1.82, 2.24) is 0 Å². The van der Waals surface area contributed by atoms with Gasteiger partial charge in [-0.3, -0.25) is 4.79 Å². The second-order valence-electron chi connectivity index (χ2n) is 20.6. The van der Waals surface area contributed by atoms with Crippen molar-refractivity contribution in [2.45, 2.75) is 119 Å². The van der Waals surface area contributed by atoms with Crippen LogP contribution in [0, 0.1) is 62.6 Å². The van der Waals surface area contributed by atoms with Crippen molar-refractivity contribution in [3.8, 4) is 34.5 Å². The number of rotatable bonds is 11. The Labute approximate surface area is 363 Å². The first-order valence-corrected chi connectivity index (χ1v) is 22.4. The highest BCUT2D eigenvalue weighted by Gasteiger charge is 2.72. The van der Waals surface area contributed by atoms with Crippen LogP contribution in [0.5, 0.6) is 34.5 Å². The molecule has 5 aliphatic carbocycles. The maximum absolute atomic E-state index is 14.7. The van der Waals surface area contributed by atoms with Crippen LogP contribution in [0.4, 0.5) is 0 Å². The van der Waals surface area contributed by atoms with Crippen molar-refractivity contribution in [2.75, 3.05) is 42.7 Å². The molecule has 5 saturated carbocycles. The van der Waals surface area contributed by atoms with Crippen LogP contribution in [0.1, 0.15) is 133 Å². The summed E-state index contributed by atoms with van der Waals surface area (Å²) in [6, 6.07) is 6.41. The average molecular weight is 847 g/mol. The topological polar surface area (TPSA) is 125 Å². The molecule has 61 heavy (non-hydrogen) atoms. The summed E-state index contributed by atoms with van der Waals surface area (Å²) in [5.74, 6) is 2.85. The fraction of sp³-hybridized carbons (Fsp3) is 0.700. The standard InChI is InChI=1S/C50H70O11/c1-28(2)31-16-21-50(45(53)61-44(52)30-26-35(56-10)42(59-13)36(27-30)57-11)23-22-48(6)32(40(31)50)14-15-38-47(5)19-18-39(46(3,4)37(47)17-20-49(38,48)7)60-43(51)29-24-33(54-8)41(58-12)34(25-29)55-9/h24-28,31-32,37-40H,14-23H2,1-13H3/t31-,32+,37-,38+,39-,40+,47-,48+,49+,50-/m0/s1. The molecule has 0 bridgehead atoms. The Kier molecular flexibility index (Phi) is 11.9. The molecule has 11 heteroatoms. The van der Waals surface area contributed by atoms with Crippen LogP contribution in [0.3, 0.4) is 0 Å². The van der Waals surface area contributed by atoms with Gasteiger partial charge in [-0.25, -0.2) is 9.59 Å². The summed E-state index contributed by atoms with van der Waals surface area (Å²) in [6.07, 6.45) is 9.09. The number of carbonyl (C=O) groups excluding carboxylic acids is 3. The minimum atomic E-state index is -0.721. The normalized spacial score (nSPS) is 34.7. The van der Waals surface area contributed by atoms with E-state index in [9.17, 15) is 14.4 Å². The van der Waals surface area contributed by atoms with Gasteiger partial charge in [0.15, 0.2) is 23.0 Å². The number of hydrogen-bond acceptors (Lipinski definition) is 11. The van der Waals surface area contributed by atoms with E-state index in [0.29, 0.717) is 76.1 Å². The molecule has 0 N–H and O–H groups in total. The number of esters is 3. The van der Waals surface area contributed by atoms with E-state index in [1.54, 1.807) is 45.6 Å². The third-order valence-electron chi connectivity index (χ3n) is 17.9. The van der Waals surface area contributed by atoms with Gasteiger partial charge in [0.05, 0.1) is 59.2 Å². The molecule has 11 nitrogen and oxygen atoms in total. The molecule has 336 valence electrons. The van der Waals surface area contributed by atoms with Crippen LogP contribution in [-0.2, 0) is 14.3 Å². The van der Waals surface area contributed by atoms with Gasteiger partial charge < -0.3 is 37.9 Å². The second-order valence-corrected chi connectivity index (χ2v) is 20.6. The van der Waals surface area contributed by atoms with E-state index in [2.05, 4.69) is 48.5 Å². The van der Waals surface area contributed by atoms with Crippen molar-refractivity contribution >= 4 is 17.9 Å². The molecule has 2 aromatic carbocycles. The molecule has 0 radical (unpaired) electrons. The molecule has 0 aliphatic heterocycles. The number of benzene rings is 2. The SMILES string of the molecule is COc1cc(C(=O)OC(=O)[C@]23CC[C@@H](C(C)C)[C@@H]2[C@H]2CC[C@@H]4[C@@]5(C)CC[C@H](OC(=O)c6cc(OC)c(OC)c(OC)c6)C(C)(C)[C@@H]5CC[C@@]4(C)[C@]2(C)CC3)cc(OC)c1OC. The zero-order valence-corrected chi connectivity index (χ0v) is 38.9. The zero-order chi connectivity index (χ0) is 44.4. The first-order valence-electron chi connectivity index (χ1n) is 22.4. The lowest BCUT2D eigenvalue weighted by Crippen LogP contribution is -2.67. The lowest BCUT2D eigenvalue weighted by Gasteiger charge is -2.72. The predicted molar refractivity (Wildman–Crippen MR) is 231 cm³/mol. The molecule has 0 aromatic heterocycles. The molecule has 0 amide bonds. The van der Waals surface area contributed by atoms with Gasteiger partial charge in [0.2, 0.25) is 11.5 Å². The molecule has 0 unspecified atom stereocenters. The van der Waals surface area contributed by atoms with Crippen LogP contribution in [-0.4, -0.2) is 66.7 Å². The third kappa shape index (κ3) is 6.75. The minimum absolute atomic E-state index is 0.00349. The fourth-order valence-corrected chi connectivity index (χ4v) is 14.8. The molecule has 5 aliphatic rings. The molecular weight excluding hydrogens is 777 g/mol. The van der Waals surface area contributed by atoms with E-state index in [4.69, 9.17) is 37.9 Å². The van der Waals surface area contributed by atoms with Gasteiger partial charge in [-0.1, -0.05) is 48.5 Å². The predicted octanol–water partition coefficient (Wildman–Crippen LogP) is 10.4. The Morgan fingerprint density at radius 3 is 1.62 bits per heavy atom. The van der Waals surface area contributed by atoms with Gasteiger partial charge in [-0.05, 0) is 140 Å². The Hall–Kier alpha value is -4.15. The van der Waals surface area contributed by atoms with Crippen molar-refractivity contribution in [3.05, 3.63) is 35.4 Å². The Balaban J connectivity index is 1.14. The van der Waals surface area contributed by atoms with E-state index in [1.165, 1.54) is 21.3 Å². The zero-order valence-electron chi connectivity index (χ0n) is 38.9. The smallest absolute Gasteiger partial charge is 0.346 e. The van der Waals surface area contributed by atoms with Crippen LogP contribution in [0.25, 0.3) is 0 Å². The van der Waals surface area contributed by atoms with Gasteiger partial charge >= 0.3 is 17.9 Å². The van der Waals surface area contributed by atoms with E-state index in [0.717, 1.165) is 57.8 Å². The van der Waals surface area contributed by atoms with Gasteiger partial charge in [0, 0.05) is 5.41 Å². The lowest BCUT2D eigenvalue weighted by atomic mass is 9.32. The maximum atomic E-state index is 14.7. The monoisotopic (exact) mass is 846 g/mol. The highest BCUT2D eigenvalue weighted by atomic mass is 16.6. The van der Waals surface area contributed by atoms with Gasteiger partial charge in [-0.2, -0.15) is 0 Å². The highest BCUT2D eigenvalue weighted by Crippen LogP contribution is 2.78. The summed E-state index contributed by atoms with van der Waals surface area (Å²) >= 11 is 0. The van der Waals surface area contributed by atoms with Crippen molar-refractivity contribution in [2.24, 2.45) is 62.6 Å². The Morgan fingerprint density at radius 1 is 0.574 bits per heavy atom. The molecule has 5 fully saturated rings. The second kappa shape index (κ2) is 16.2. The van der Waals surface area contributed by atoms with E-state index in [1.807, 2.05) is 0 Å². The largest absolute Gasteiger partial charge is 0.493 e. The summed E-state index contributed by atoms with van der Waals surface area (Å²) in [6.45, 7) is 16.9. The lowest BCUT2D eigenvalue weighted by molar-refractivity contribution is -0.249. The summed E-state index contributed by atoms with van der Waals surface area (Å²) in [7, 11) is 9.13. The van der Waals surface area contributed by atoms with Crippen LogP contribution in [0.2, 0.25) is 0 Å². The van der Waals surface area contributed by atoms with Crippen LogP contribution >= 0.6 is 0 Å². The molecule has 0 saturated heterocycles. The summed E-state index contributed by atoms with van der Waals surface area (Å²) in [5, 5.41) is 0. The minimum Gasteiger partial charge on any atom is -0.493 e. The molecule has 10 atom stereocenters. The molecule has 0 heterocycles. The van der Waals surface area contributed by atoms with E-state index >= 15 is 0 Å². The van der Waals surface area contributed by atoms with E-state index < -0.39 is 11.4 Å². The van der Waals surface area contributed by atoms with Gasteiger partial charge in [0.1, 0.15) is 6.10 Å². The summed E-state index contributed by atoms with van der Waals surface area (Å²) in [5.41, 5.74) is -0.335. The Bertz CT molecular complexity index is 1970. The first kappa shape index (κ1) is 44.9. The van der Waals surface area contributed by atoms with Gasteiger partial charge in [-0.15, -0.1) is 0 Å². The Morgan fingerprint density at radius 2 is 1.11 bits per heavy atom. The maximum Gasteiger partial charge on any atom is 0.346 e. The molecule has 7 rings (SSSR count). The van der Waals surface area contributed by atoms with E-state index in [-0.39, 0.29) is 51.2 Å². The summed E-state index contributed by atoms with van der Waals surface area (Å²) in [4.78, 5) is 42.4. The van der Waals surface area contributed by atoms with Crippen LogP contribution in [0.15, 0.2) is 24.3 Å². The number of hydrogen-bond donors (Lipinski definition) is 0. The average Bonchev–Trinajstić information content (AvgIpc) is 3.65. The third-order valence-corrected chi connectivity index (χ3v) is 17.9. The number of ether oxygens (including phenoxy) is 8. The van der Waals surface area contributed by atoms with Gasteiger partial charge in [0.25, 0.3) is 0 Å². The quantitative estimate of drug-likeness (QED) is 0.158. The van der Waals surface area contributed by atoms with Crippen molar-refractivity contribution in [1.29, 1.82) is 0 Å².